The molecule has 0 aromatic heterocycles. The van der Waals surface area contributed by atoms with Crippen LogP contribution in [0.5, 0.6) is 0 Å². The van der Waals surface area contributed by atoms with Gasteiger partial charge in [-0.15, -0.1) is 0 Å². The molecule has 6 nitrogen and oxygen atoms in total. The quantitative estimate of drug-likeness (QED) is 0.571. The van der Waals surface area contributed by atoms with Crippen molar-refractivity contribution >= 4 is 5.91 Å². The van der Waals surface area contributed by atoms with Crippen molar-refractivity contribution in [3.05, 3.63) is 47.2 Å². The molecular formula is C20H29N5O. The van der Waals surface area contributed by atoms with Crippen LogP contribution in [0.1, 0.15) is 31.0 Å². The average Bonchev–Trinajstić information content (AvgIpc) is 2.67. The summed E-state index contributed by atoms with van der Waals surface area (Å²) in [4.78, 5) is 16.8. The summed E-state index contributed by atoms with van der Waals surface area (Å²) >= 11 is 0. The highest BCUT2D eigenvalue weighted by Crippen LogP contribution is 2.14. The van der Waals surface area contributed by atoms with Crippen molar-refractivity contribution < 1.29 is 4.79 Å². The number of benzene rings is 1. The number of piperazine rings is 1. The number of nitriles is 1. The van der Waals surface area contributed by atoms with Crippen molar-refractivity contribution in [2.45, 2.75) is 26.3 Å². The third-order valence-electron chi connectivity index (χ3n) is 4.76. The van der Waals surface area contributed by atoms with E-state index in [-0.39, 0.29) is 17.5 Å². The van der Waals surface area contributed by atoms with Crippen LogP contribution >= 0.6 is 0 Å². The zero-order valence-corrected chi connectivity index (χ0v) is 15.7. The molecule has 0 bridgehead atoms. The summed E-state index contributed by atoms with van der Waals surface area (Å²) in [7, 11) is 0. The molecule has 1 amide bonds. The minimum Gasteiger partial charge on any atom is -0.374 e. The van der Waals surface area contributed by atoms with E-state index in [1.807, 2.05) is 30.0 Å². The van der Waals surface area contributed by atoms with Crippen LogP contribution in [0.25, 0.3) is 0 Å². The van der Waals surface area contributed by atoms with Crippen molar-refractivity contribution in [1.82, 2.24) is 15.1 Å². The number of aryl methyl sites for hydroxylation is 1. The monoisotopic (exact) mass is 355 g/mol. The maximum atomic E-state index is 12.5. The van der Waals surface area contributed by atoms with Gasteiger partial charge >= 0.3 is 0 Å². The van der Waals surface area contributed by atoms with Crippen LogP contribution in [0.15, 0.2) is 36.0 Å². The number of rotatable bonds is 7. The predicted octanol–water partition coefficient (Wildman–Crippen LogP) is 1.41. The number of carbonyl (C=O) groups excluding carboxylic acids is 1. The lowest BCUT2D eigenvalue weighted by atomic mass is 10.0. The molecule has 0 spiro atoms. The van der Waals surface area contributed by atoms with Gasteiger partial charge in [-0.3, -0.25) is 9.69 Å². The van der Waals surface area contributed by atoms with Gasteiger partial charge in [-0.2, -0.15) is 5.26 Å². The van der Waals surface area contributed by atoms with Crippen LogP contribution in [0.3, 0.4) is 0 Å². The molecule has 1 aromatic rings. The number of nitrogens with zero attached hydrogens (tertiary/aromatic N) is 3. The van der Waals surface area contributed by atoms with Crippen LogP contribution in [0.4, 0.5) is 0 Å². The summed E-state index contributed by atoms with van der Waals surface area (Å²) in [5.41, 5.74) is 8.02. The van der Waals surface area contributed by atoms with Gasteiger partial charge in [0.2, 0.25) is 0 Å². The Balaban J connectivity index is 1.94. The first kappa shape index (κ1) is 20.0. The van der Waals surface area contributed by atoms with E-state index in [0.717, 1.165) is 44.7 Å². The molecule has 1 aliphatic heterocycles. The second-order valence-electron chi connectivity index (χ2n) is 6.61. The predicted molar refractivity (Wildman–Crippen MR) is 103 cm³/mol. The molecule has 2 rings (SSSR count). The molecule has 1 aliphatic rings. The Morgan fingerprint density at radius 1 is 1.31 bits per heavy atom. The fraction of sp³-hybridized carbons (Fsp3) is 0.500. The molecule has 1 atom stereocenters. The number of amides is 1. The molecule has 0 aliphatic carbocycles. The summed E-state index contributed by atoms with van der Waals surface area (Å²) in [6.07, 6.45) is 2.67. The minimum absolute atomic E-state index is 0.147. The molecule has 0 saturated carbocycles. The highest BCUT2D eigenvalue weighted by atomic mass is 16.1. The summed E-state index contributed by atoms with van der Waals surface area (Å²) < 4.78 is 0. The maximum Gasteiger partial charge on any atom is 0.263 e. The number of hydrogen-bond acceptors (Lipinski definition) is 5. The molecule has 1 unspecified atom stereocenters. The van der Waals surface area contributed by atoms with Gasteiger partial charge in [-0.1, -0.05) is 31.2 Å². The van der Waals surface area contributed by atoms with Gasteiger partial charge in [0.15, 0.2) is 0 Å². The molecule has 1 saturated heterocycles. The normalized spacial score (nSPS) is 16.8. The SMILES string of the molecule is CCc1ccc(C(C)NC(=O)/C(C#N)=C\N2CCN(CCN)CC2)cc1. The first-order valence-corrected chi connectivity index (χ1v) is 9.25. The Hall–Kier alpha value is -2.36. The zero-order valence-electron chi connectivity index (χ0n) is 15.7. The van der Waals surface area contributed by atoms with E-state index in [0.29, 0.717) is 6.54 Å². The van der Waals surface area contributed by atoms with Crippen molar-refractivity contribution in [2.24, 2.45) is 5.73 Å². The molecule has 3 N–H and O–H groups in total. The Morgan fingerprint density at radius 3 is 2.50 bits per heavy atom. The van der Waals surface area contributed by atoms with Crippen LogP contribution in [-0.2, 0) is 11.2 Å². The molecule has 1 heterocycles. The molecule has 1 fully saturated rings. The third-order valence-corrected chi connectivity index (χ3v) is 4.76. The summed E-state index contributed by atoms with van der Waals surface area (Å²) in [5.74, 6) is -0.330. The van der Waals surface area contributed by atoms with E-state index in [1.54, 1.807) is 6.20 Å². The molecule has 0 radical (unpaired) electrons. The van der Waals surface area contributed by atoms with Crippen molar-refractivity contribution in [3.63, 3.8) is 0 Å². The molecule has 26 heavy (non-hydrogen) atoms. The number of nitrogens with two attached hydrogens (primary N) is 1. The third kappa shape index (κ3) is 5.58. The molecule has 6 heteroatoms. The van der Waals surface area contributed by atoms with Crippen LogP contribution < -0.4 is 11.1 Å². The zero-order chi connectivity index (χ0) is 18.9. The standard InChI is InChI=1S/C20H29N5O/c1-3-17-4-6-18(7-5-17)16(2)23-20(26)19(14-22)15-25-12-10-24(9-8-21)11-13-25/h4-7,15-16H,3,8-13,21H2,1-2H3,(H,23,26)/b19-15-. The second-order valence-corrected chi connectivity index (χ2v) is 6.61. The molecule has 1 aromatic carbocycles. The van der Waals surface area contributed by atoms with E-state index in [2.05, 4.69) is 29.3 Å². The molecular weight excluding hydrogens is 326 g/mol. The Morgan fingerprint density at radius 2 is 1.96 bits per heavy atom. The highest BCUT2D eigenvalue weighted by Gasteiger charge is 2.18. The van der Waals surface area contributed by atoms with Gasteiger partial charge in [-0.05, 0) is 24.5 Å². The van der Waals surface area contributed by atoms with E-state index in [9.17, 15) is 10.1 Å². The summed E-state index contributed by atoms with van der Waals surface area (Å²) in [6, 6.07) is 10.1. The second kappa shape index (κ2) is 9.95. The lowest BCUT2D eigenvalue weighted by Crippen LogP contribution is -2.46. The van der Waals surface area contributed by atoms with Gasteiger partial charge in [0, 0.05) is 45.5 Å². The average molecular weight is 355 g/mol. The topological polar surface area (TPSA) is 85.4 Å². The van der Waals surface area contributed by atoms with Crippen LogP contribution in [0.2, 0.25) is 0 Å². The van der Waals surface area contributed by atoms with Gasteiger partial charge in [-0.25, -0.2) is 0 Å². The largest absolute Gasteiger partial charge is 0.374 e. The van der Waals surface area contributed by atoms with Gasteiger partial charge in [0.1, 0.15) is 11.6 Å². The first-order valence-electron chi connectivity index (χ1n) is 9.25. The van der Waals surface area contributed by atoms with Crippen molar-refractivity contribution in [3.8, 4) is 6.07 Å². The lowest BCUT2D eigenvalue weighted by molar-refractivity contribution is -0.117. The maximum absolute atomic E-state index is 12.5. The van der Waals surface area contributed by atoms with E-state index in [1.165, 1.54) is 5.56 Å². The summed E-state index contributed by atoms with van der Waals surface area (Å²) in [5, 5.41) is 12.3. The van der Waals surface area contributed by atoms with E-state index < -0.39 is 0 Å². The fourth-order valence-electron chi connectivity index (χ4n) is 3.02. The molecule has 140 valence electrons. The number of nitrogens with one attached hydrogen (secondary N) is 1. The summed E-state index contributed by atoms with van der Waals surface area (Å²) in [6.45, 7) is 8.97. The van der Waals surface area contributed by atoms with Gasteiger partial charge < -0.3 is 16.0 Å². The van der Waals surface area contributed by atoms with Gasteiger partial charge in [0.25, 0.3) is 5.91 Å². The number of hydrogen-bond donors (Lipinski definition) is 2. The Labute approximate surface area is 156 Å². The van der Waals surface area contributed by atoms with Crippen LogP contribution in [0, 0.1) is 11.3 Å². The fourth-order valence-corrected chi connectivity index (χ4v) is 3.02. The van der Waals surface area contributed by atoms with Crippen molar-refractivity contribution in [1.29, 1.82) is 5.26 Å². The Kier molecular flexibility index (Phi) is 7.64. The van der Waals surface area contributed by atoms with E-state index >= 15 is 0 Å². The highest BCUT2D eigenvalue weighted by molar-refractivity contribution is 5.97. The van der Waals surface area contributed by atoms with Gasteiger partial charge in [0.05, 0.1) is 6.04 Å². The van der Waals surface area contributed by atoms with Crippen LogP contribution in [-0.4, -0.2) is 55.0 Å². The lowest BCUT2D eigenvalue weighted by Gasteiger charge is -2.33. The minimum atomic E-state index is -0.330. The van der Waals surface area contributed by atoms with Crippen molar-refractivity contribution in [2.75, 3.05) is 39.3 Å². The number of carbonyl (C=O) groups is 1. The smallest absolute Gasteiger partial charge is 0.263 e. The van der Waals surface area contributed by atoms with E-state index in [4.69, 9.17) is 5.73 Å². The Bertz CT molecular complexity index is 654. The first-order chi connectivity index (χ1) is 12.6.